The lowest BCUT2D eigenvalue weighted by atomic mass is 10.0. The van der Waals surface area contributed by atoms with E-state index >= 15 is 0 Å². The average Bonchev–Trinajstić information content (AvgIpc) is 2.99. The number of allylic oxidation sites excluding steroid dienone is 2. The summed E-state index contributed by atoms with van der Waals surface area (Å²) in [5.41, 5.74) is 9.90. The van der Waals surface area contributed by atoms with Crippen LogP contribution in [0.1, 0.15) is 141 Å². The molecular weight excluding hydrogens is 484 g/mol. The third-order valence-electron chi connectivity index (χ3n) is 7.98. The van der Waals surface area contributed by atoms with Crippen molar-refractivity contribution in [3.63, 3.8) is 0 Å². The smallest absolute Gasteiger partial charge is 0.0848 e. The normalized spacial score (nSPS) is 12.6. The molecule has 0 fully saturated rings. The van der Waals surface area contributed by atoms with Gasteiger partial charge in [0.15, 0.2) is 0 Å². The summed E-state index contributed by atoms with van der Waals surface area (Å²) in [6, 6.07) is 13.5. The molecule has 40 heavy (non-hydrogen) atoms. The van der Waals surface area contributed by atoms with Crippen LogP contribution in [-0.4, -0.2) is 11.4 Å². The molecule has 2 heteroatoms. The van der Waals surface area contributed by atoms with Gasteiger partial charge in [-0.15, -0.1) is 0 Å². The topological polar surface area (TPSA) is 24.7 Å². The molecule has 2 rings (SSSR count). The fourth-order valence-electron chi connectivity index (χ4n) is 5.38. The van der Waals surface area contributed by atoms with Gasteiger partial charge in [-0.1, -0.05) is 111 Å². The highest BCUT2D eigenvalue weighted by molar-refractivity contribution is 6.47. The SMILES string of the molecule is CCCCCCCCCCC=CC(=Nc1ccc(CC)c(CC)c1)C(CCCC)=Nc1ccc(CC)c(CC)c1. The van der Waals surface area contributed by atoms with Crippen molar-refractivity contribution in [1.29, 1.82) is 0 Å². The van der Waals surface area contributed by atoms with E-state index in [4.69, 9.17) is 9.98 Å². The van der Waals surface area contributed by atoms with Gasteiger partial charge in [0.05, 0.1) is 22.8 Å². The molecule has 0 aliphatic carbocycles. The van der Waals surface area contributed by atoms with Crippen molar-refractivity contribution >= 4 is 22.8 Å². The maximum absolute atomic E-state index is 5.25. The highest BCUT2D eigenvalue weighted by atomic mass is 14.8. The Hall–Kier alpha value is -2.48. The predicted molar refractivity (Wildman–Crippen MR) is 180 cm³/mol. The first-order chi connectivity index (χ1) is 19.6. The lowest BCUT2D eigenvalue weighted by Crippen LogP contribution is -2.12. The van der Waals surface area contributed by atoms with E-state index in [0.717, 1.165) is 74.2 Å². The average molecular weight is 543 g/mol. The first-order valence-electron chi connectivity index (χ1n) is 16.7. The minimum absolute atomic E-state index is 0.947. The van der Waals surface area contributed by atoms with Gasteiger partial charge in [-0.05, 0) is 104 Å². The molecule has 0 aliphatic heterocycles. The van der Waals surface area contributed by atoms with Gasteiger partial charge >= 0.3 is 0 Å². The highest BCUT2D eigenvalue weighted by Gasteiger charge is 2.10. The molecule has 0 N–H and O–H groups in total. The van der Waals surface area contributed by atoms with Crippen LogP contribution >= 0.6 is 0 Å². The summed E-state index contributed by atoms with van der Waals surface area (Å²) < 4.78 is 0. The van der Waals surface area contributed by atoms with Crippen molar-refractivity contribution in [2.75, 3.05) is 0 Å². The monoisotopic (exact) mass is 542 g/mol. The lowest BCUT2D eigenvalue weighted by Gasteiger charge is -2.11. The Morgan fingerprint density at radius 2 is 1.05 bits per heavy atom. The Morgan fingerprint density at radius 3 is 1.57 bits per heavy atom. The Balaban J connectivity index is 2.34. The maximum atomic E-state index is 5.25. The molecule has 220 valence electrons. The molecular formula is C38H58N2. The van der Waals surface area contributed by atoms with Gasteiger partial charge < -0.3 is 0 Å². The van der Waals surface area contributed by atoms with Crippen molar-refractivity contribution < 1.29 is 0 Å². The van der Waals surface area contributed by atoms with E-state index in [9.17, 15) is 0 Å². The number of rotatable bonds is 20. The summed E-state index contributed by atoms with van der Waals surface area (Å²) in [6.07, 6.45) is 24.0. The van der Waals surface area contributed by atoms with Gasteiger partial charge in [0.2, 0.25) is 0 Å². The van der Waals surface area contributed by atoms with E-state index in [0.29, 0.717) is 0 Å². The van der Waals surface area contributed by atoms with Crippen LogP contribution < -0.4 is 0 Å². The molecule has 0 saturated carbocycles. The first kappa shape index (κ1) is 33.7. The molecule has 0 bridgehead atoms. The Labute approximate surface area is 247 Å². The summed E-state index contributed by atoms with van der Waals surface area (Å²) >= 11 is 0. The molecule has 0 radical (unpaired) electrons. The van der Waals surface area contributed by atoms with Gasteiger partial charge in [0.25, 0.3) is 0 Å². The zero-order valence-electron chi connectivity index (χ0n) is 26.8. The second-order valence-electron chi connectivity index (χ2n) is 11.1. The van der Waals surface area contributed by atoms with Crippen molar-refractivity contribution in [3.05, 3.63) is 70.8 Å². The molecule has 0 saturated heterocycles. The van der Waals surface area contributed by atoms with Gasteiger partial charge in [-0.3, -0.25) is 4.99 Å². The third-order valence-corrected chi connectivity index (χ3v) is 7.98. The number of nitrogens with zero attached hydrogens (tertiary/aromatic N) is 2. The molecule has 0 heterocycles. The van der Waals surface area contributed by atoms with Crippen LogP contribution in [0.15, 0.2) is 58.5 Å². The van der Waals surface area contributed by atoms with Crippen LogP contribution in [0.3, 0.4) is 0 Å². The fraction of sp³-hybridized carbons (Fsp3) is 0.579. The number of unbranched alkanes of at least 4 members (excludes halogenated alkanes) is 9. The highest BCUT2D eigenvalue weighted by Crippen LogP contribution is 2.24. The number of aliphatic imine (C=N–C) groups is 2. The van der Waals surface area contributed by atoms with Crippen LogP contribution in [0.25, 0.3) is 0 Å². The van der Waals surface area contributed by atoms with Gasteiger partial charge in [-0.2, -0.15) is 0 Å². The second kappa shape index (κ2) is 20.4. The van der Waals surface area contributed by atoms with Crippen LogP contribution in [0.4, 0.5) is 11.4 Å². The van der Waals surface area contributed by atoms with Crippen molar-refractivity contribution in [2.45, 2.75) is 144 Å². The summed E-state index contributed by atoms with van der Waals surface area (Å²) in [5.74, 6) is 0. The van der Waals surface area contributed by atoms with Crippen LogP contribution in [0, 0.1) is 0 Å². The third kappa shape index (κ3) is 11.9. The molecule has 2 nitrogen and oxygen atoms in total. The van der Waals surface area contributed by atoms with Crippen molar-refractivity contribution in [1.82, 2.24) is 0 Å². The van der Waals surface area contributed by atoms with Crippen LogP contribution in [0.5, 0.6) is 0 Å². The first-order valence-corrected chi connectivity index (χ1v) is 16.7. The number of aryl methyl sites for hydroxylation is 4. The Kier molecular flexibility index (Phi) is 17.2. The number of hydrogen-bond donors (Lipinski definition) is 0. The standard InChI is InChI=1S/C38H58N2/c1-7-13-15-16-17-18-19-20-21-22-24-38(40-36-28-26-32(10-4)34(12-6)30-36)37(23-14-8-2)39-35-27-25-31(9-3)33(11-5)29-35/h22,24-30H,7-21,23H2,1-6H3. The molecule has 0 amide bonds. The summed E-state index contributed by atoms with van der Waals surface area (Å²) in [7, 11) is 0. The Morgan fingerprint density at radius 1 is 0.550 bits per heavy atom. The largest absolute Gasteiger partial charge is 0.251 e. The summed E-state index contributed by atoms with van der Waals surface area (Å²) in [4.78, 5) is 10.5. The Bertz CT molecular complexity index is 1070. The molecule has 2 aromatic carbocycles. The molecule has 0 aromatic heterocycles. The van der Waals surface area contributed by atoms with E-state index in [-0.39, 0.29) is 0 Å². The quantitative estimate of drug-likeness (QED) is 0.117. The van der Waals surface area contributed by atoms with E-state index in [1.807, 2.05) is 0 Å². The predicted octanol–water partition coefficient (Wildman–Crippen LogP) is 12.1. The van der Waals surface area contributed by atoms with Crippen LogP contribution in [0.2, 0.25) is 0 Å². The summed E-state index contributed by atoms with van der Waals surface area (Å²) in [5, 5.41) is 0. The second-order valence-corrected chi connectivity index (χ2v) is 11.1. The number of benzene rings is 2. The minimum atomic E-state index is 0.947. The number of hydrogen-bond acceptors (Lipinski definition) is 2. The van der Waals surface area contributed by atoms with Crippen molar-refractivity contribution in [2.24, 2.45) is 9.98 Å². The van der Waals surface area contributed by atoms with Crippen molar-refractivity contribution in [3.8, 4) is 0 Å². The zero-order valence-corrected chi connectivity index (χ0v) is 26.8. The van der Waals surface area contributed by atoms with Gasteiger partial charge in [0, 0.05) is 0 Å². The maximum Gasteiger partial charge on any atom is 0.0848 e. The molecule has 0 atom stereocenters. The molecule has 0 spiro atoms. The molecule has 0 aliphatic rings. The van der Waals surface area contributed by atoms with E-state index in [2.05, 4.69) is 90.1 Å². The minimum Gasteiger partial charge on any atom is -0.251 e. The molecule has 2 aromatic rings. The van der Waals surface area contributed by atoms with E-state index in [1.165, 1.54) is 73.6 Å². The van der Waals surface area contributed by atoms with Gasteiger partial charge in [-0.25, -0.2) is 4.99 Å². The van der Waals surface area contributed by atoms with Gasteiger partial charge in [0.1, 0.15) is 0 Å². The fourth-order valence-corrected chi connectivity index (χ4v) is 5.38. The molecule has 0 unspecified atom stereocenters. The summed E-state index contributed by atoms with van der Waals surface area (Å²) in [6.45, 7) is 13.5. The van der Waals surface area contributed by atoms with E-state index in [1.54, 1.807) is 0 Å². The zero-order chi connectivity index (χ0) is 29.0. The van der Waals surface area contributed by atoms with Crippen LogP contribution in [-0.2, 0) is 25.7 Å². The lowest BCUT2D eigenvalue weighted by molar-refractivity contribution is 0.577. The van der Waals surface area contributed by atoms with E-state index < -0.39 is 0 Å².